The molecule has 0 radical (unpaired) electrons. The molecule has 0 aliphatic carbocycles. The Morgan fingerprint density at radius 3 is 2.29 bits per heavy atom. The molecule has 0 bridgehead atoms. The van der Waals surface area contributed by atoms with Gasteiger partial charge in [0.2, 0.25) is 5.91 Å². The largest absolute Gasteiger partial charge is 0.497 e. The van der Waals surface area contributed by atoms with Crippen LogP contribution in [0.4, 0.5) is 10.1 Å². The summed E-state index contributed by atoms with van der Waals surface area (Å²) in [5, 5.41) is 0. The highest BCUT2D eigenvalue weighted by molar-refractivity contribution is 5.98. The van der Waals surface area contributed by atoms with E-state index in [4.69, 9.17) is 4.74 Å². The monoisotopic (exact) mass is 473 g/mol. The molecule has 1 saturated heterocycles. The summed E-state index contributed by atoms with van der Waals surface area (Å²) in [5.74, 6) is 0.377. The number of fused-ring (bicyclic) bond motifs is 1. The molecule has 3 aromatic rings. The number of hydrogen-bond acceptors (Lipinski definition) is 4. The Morgan fingerprint density at radius 2 is 1.63 bits per heavy atom. The van der Waals surface area contributed by atoms with E-state index < -0.39 is 6.04 Å². The molecule has 2 aliphatic rings. The maximum Gasteiger partial charge on any atom is 0.255 e. The number of amides is 2. The van der Waals surface area contributed by atoms with Crippen LogP contribution in [0.15, 0.2) is 72.8 Å². The molecule has 2 aliphatic heterocycles. The molecule has 35 heavy (non-hydrogen) atoms. The normalized spacial score (nSPS) is 16.3. The molecule has 1 atom stereocenters. The van der Waals surface area contributed by atoms with Crippen molar-refractivity contribution < 1.29 is 18.7 Å². The Hall–Kier alpha value is -3.87. The quantitative estimate of drug-likeness (QED) is 0.537. The minimum atomic E-state index is -0.456. The Balaban J connectivity index is 1.29. The summed E-state index contributed by atoms with van der Waals surface area (Å²) in [4.78, 5) is 32.4. The molecule has 0 spiro atoms. The fourth-order valence-corrected chi connectivity index (χ4v) is 4.92. The van der Waals surface area contributed by atoms with Gasteiger partial charge in [-0.15, -0.1) is 0 Å². The fourth-order valence-electron chi connectivity index (χ4n) is 4.92. The number of benzene rings is 3. The van der Waals surface area contributed by atoms with Crippen molar-refractivity contribution >= 4 is 17.5 Å². The molecule has 2 amide bonds. The second kappa shape index (κ2) is 9.78. The summed E-state index contributed by atoms with van der Waals surface area (Å²) in [6.45, 7) is 3.11. The average Bonchev–Trinajstić information content (AvgIpc) is 3.24. The first kappa shape index (κ1) is 22.9. The molecule has 2 heterocycles. The Labute approximate surface area is 204 Å². The van der Waals surface area contributed by atoms with Crippen molar-refractivity contribution in [2.45, 2.75) is 19.0 Å². The topological polar surface area (TPSA) is 53.1 Å². The molecule has 5 rings (SSSR count). The lowest BCUT2D eigenvalue weighted by Crippen LogP contribution is -2.49. The Morgan fingerprint density at radius 1 is 0.943 bits per heavy atom. The fraction of sp³-hybridized carbons (Fsp3) is 0.286. The second-order valence-corrected chi connectivity index (χ2v) is 8.93. The van der Waals surface area contributed by atoms with Gasteiger partial charge in [-0.2, -0.15) is 0 Å². The third-order valence-corrected chi connectivity index (χ3v) is 6.92. The predicted molar refractivity (Wildman–Crippen MR) is 132 cm³/mol. The highest BCUT2D eigenvalue weighted by Gasteiger charge is 2.35. The van der Waals surface area contributed by atoms with Crippen LogP contribution in [0, 0.1) is 5.82 Å². The van der Waals surface area contributed by atoms with Gasteiger partial charge < -0.3 is 19.4 Å². The van der Waals surface area contributed by atoms with E-state index in [-0.39, 0.29) is 24.1 Å². The van der Waals surface area contributed by atoms with Gasteiger partial charge in [-0.3, -0.25) is 9.59 Å². The molecule has 3 aromatic carbocycles. The number of nitrogens with zero attached hydrogens (tertiary/aromatic N) is 3. The summed E-state index contributed by atoms with van der Waals surface area (Å²) >= 11 is 0. The van der Waals surface area contributed by atoms with Crippen LogP contribution in [0.1, 0.15) is 33.9 Å². The molecule has 0 aromatic heterocycles. The van der Waals surface area contributed by atoms with Crippen molar-refractivity contribution in [2.24, 2.45) is 0 Å². The predicted octanol–water partition coefficient (Wildman–Crippen LogP) is 4.27. The van der Waals surface area contributed by atoms with Crippen LogP contribution < -0.4 is 9.64 Å². The molecule has 0 saturated carbocycles. The molecule has 180 valence electrons. The first-order valence-electron chi connectivity index (χ1n) is 11.8. The maximum atomic E-state index is 13.6. The Bertz CT molecular complexity index is 1200. The van der Waals surface area contributed by atoms with E-state index in [9.17, 15) is 14.0 Å². The molecular weight excluding hydrogens is 445 g/mol. The average molecular weight is 474 g/mol. The zero-order valence-electron chi connectivity index (χ0n) is 19.7. The van der Waals surface area contributed by atoms with Crippen LogP contribution >= 0.6 is 0 Å². The minimum absolute atomic E-state index is 0.00235. The van der Waals surface area contributed by atoms with Gasteiger partial charge in [0.05, 0.1) is 19.6 Å². The van der Waals surface area contributed by atoms with Gasteiger partial charge in [0.15, 0.2) is 0 Å². The lowest BCUT2D eigenvalue weighted by molar-refractivity contribution is -0.132. The van der Waals surface area contributed by atoms with E-state index in [1.807, 2.05) is 53.4 Å². The summed E-state index contributed by atoms with van der Waals surface area (Å²) in [7, 11) is 1.65. The van der Waals surface area contributed by atoms with E-state index >= 15 is 0 Å². The van der Waals surface area contributed by atoms with Gasteiger partial charge in [-0.05, 0) is 53.6 Å². The third kappa shape index (κ3) is 4.71. The second-order valence-electron chi connectivity index (χ2n) is 8.93. The Kier molecular flexibility index (Phi) is 6.40. The number of ether oxygens (including phenoxy) is 1. The summed E-state index contributed by atoms with van der Waals surface area (Å²) in [6.07, 6.45) is 0.161. The van der Waals surface area contributed by atoms with Gasteiger partial charge >= 0.3 is 0 Å². The molecule has 0 unspecified atom stereocenters. The van der Waals surface area contributed by atoms with Crippen molar-refractivity contribution in [3.8, 4) is 5.75 Å². The number of carbonyl (C=O) groups is 2. The van der Waals surface area contributed by atoms with E-state index in [0.29, 0.717) is 25.2 Å². The van der Waals surface area contributed by atoms with E-state index in [1.54, 1.807) is 24.1 Å². The minimum Gasteiger partial charge on any atom is -0.497 e. The number of hydrogen-bond donors (Lipinski definition) is 0. The first-order valence-corrected chi connectivity index (χ1v) is 11.8. The third-order valence-electron chi connectivity index (χ3n) is 6.92. The van der Waals surface area contributed by atoms with E-state index in [1.165, 1.54) is 12.1 Å². The van der Waals surface area contributed by atoms with E-state index in [2.05, 4.69) is 4.90 Å². The van der Waals surface area contributed by atoms with Crippen molar-refractivity contribution in [1.29, 1.82) is 0 Å². The first-order chi connectivity index (χ1) is 17.0. The van der Waals surface area contributed by atoms with Gasteiger partial charge in [0.25, 0.3) is 5.91 Å². The molecular formula is C28H28FN3O3. The number of carbonyl (C=O) groups excluding carboxylic acids is 2. The number of piperazine rings is 1. The van der Waals surface area contributed by atoms with Crippen molar-refractivity contribution in [3.05, 3.63) is 95.3 Å². The van der Waals surface area contributed by atoms with Crippen LogP contribution in [0.3, 0.4) is 0 Å². The number of rotatable bonds is 6. The molecule has 6 nitrogen and oxygen atoms in total. The molecule has 0 N–H and O–H groups in total. The number of methoxy groups -OCH3 is 1. The van der Waals surface area contributed by atoms with Crippen LogP contribution in [0.25, 0.3) is 0 Å². The number of anilines is 1. The zero-order valence-corrected chi connectivity index (χ0v) is 19.7. The summed E-state index contributed by atoms with van der Waals surface area (Å²) in [5.41, 5.74) is 3.48. The van der Waals surface area contributed by atoms with Crippen LogP contribution in [0.2, 0.25) is 0 Å². The molecule has 7 heteroatoms. The summed E-state index contributed by atoms with van der Waals surface area (Å²) < 4.78 is 18.9. The summed E-state index contributed by atoms with van der Waals surface area (Å²) in [6, 6.07) is 21.1. The van der Waals surface area contributed by atoms with Gasteiger partial charge in [-0.25, -0.2) is 4.39 Å². The maximum absolute atomic E-state index is 13.6. The van der Waals surface area contributed by atoms with Crippen LogP contribution in [0.5, 0.6) is 5.75 Å². The smallest absolute Gasteiger partial charge is 0.255 e. The van der Waals surface area contributed by atoms with Gasteiger partial charge in [-0.1, -0.05) is 30.3 Å². The van der Waals surface area contributed by atoms with Gasteiger partial charge in [0.1, 0.15) is 11.6 Å². The van der Waals surface area contributed by atoms with Crippen LogP contribution in [-0.4, -0.2) is 54.9 Å². The van der Waals surface area contributed by atoms with Crippen molar-refractivity contribution in [2.75, 3.05) is 38.2 Å². The SMILES string of the molecule is COc1ccc(N2CCN(C(=O)C[C@@H](c3ccc(F)cc3)N3Cc4ccccc4C3=O)CC2)cc1. The number of halogens is 1. The zero-order chi connectivity index (χ0) is 24.4. The van der Waals surface area contributed by atoms with Crippen molar-refractivity contribution in [1.82, 2.24) is 9.80 Å². The lowest BCUT2D eigenvalue weighted by Gasteiger charge is -2.37. The van der Waals surface area contributed by atoms with Gasteiger partial charge in [0, 0.05) is 44.0 Å². The van der Waals surface area contributed by atoms with Crippen molar-refractivity contribution in [3.63, 3.8) is 0 Å². The highest BCUT2D eigenvalue weighted by Crippen LogP contribution is 2.34. The lowest BCUT2D eigenvalue weighted by atomic mass is 10.0. The van der Waals surface area contributed by atoms with Crippen LogP contribution in [-0.2, 0) is 11.3 Å². The standard InChI is InChI=1S/C28H28FN3O3/c1-35-24-12-10-23(11-13-24)30-14-16-31(17-15-30)27(33)18-26(20-6-8-22(29)9-7-20)32-19-21-4-2-3-5-25(21)28(32)34/h2-13,26H,14-19H2,1H3/t26-/m0/s1. The van der Waals surface area contributed by atoms with E-state index in [0.717, 1.165) is 35.7 Å². The highest BCUT2D eigenvalue weighted by atomic mass is 19.1. The molecule has 1 fully saturated rings.